The van der Waals surface area contributed by atoms with Crippen LogP contribution in [-0.4, -0.2) is 113 Å². The van der Waals surface area contributed by atoms with Crippen LogP contribution in [0, 0.1) is 0 Å². The normalized spacial score (nSPS) is 24.4. The molecule has 0 spiro atoms. The van der Waals surface area contributed by atoms with Crippen molar-refractivity contribution in [2.45, 2.75) is 64.3 Å². The molecule has 0 bridgehead atoms. The van der Waals surface area contributed by atoms with Gasteiger partial charge < -0.3 is 24.6 Å². The van der Waals surface area contributed by atoms with Crippen molar-refractivity contribution in [3.63, 3.8) is 0 Å². The van der Waals surface area contributed by atoms with Gasteiger partial charge in [0.25, 0.3) is 0 Å². The Bertz CT molecular complexity index is 764. The Labute approximate surface area is 205 Å². The van der Waals surface area contributed by atoms with Crippen molar-refractivity contribution in [1.82, 2.24) is 20.0 Å². The minimum atomic E-state index is -1.17. The summed E-state index contributed by atoms with van der Waals surface area (Å²) in [6.07, 6.45) is -0.817. The highest BCUT2D eigenvalue weighted by molar-refractivity contribution is 7.15. The van der Waals surface area contributed by atoms with Crippen molar-refractivity contribution >= 4 is 28.3 Å². The van der Waals surface area contributed by atoms with Crippen LogP contribution in [0.4, 0.5) is 5.13 Å². The summed E-state index contributed by atoms with van der Waals surface area (Å²) in [5.74, 6) is -0.0531. The fourth-order valence-corrected chi connectivity index (χ4v) is 4.40. The molecule has 1 aliphatic heterocycles. The third-order valence-corrected chi connectivity index (χ3v) is 6.81. The molecule has 1 aromatic heterocycles. The van der Waals surface area contributed by atoms with Crippen molar-refractivity contribution in [3.05, 3.63) is 5.01 Å². The van der Waals surface area contributed by atoms with Crippen LogP contribution in [-0.2, 0) is 19.1 Å². The van der Waals surface area contributed by atoms with Crippen LogP contribution in [0.25, 0.3) is 0 Å². The molecular weight excluding hydrogens is 462 g/mol. The maximum absolute atomic E-state index is 12.6. The third-order valence-electron chi connectivity index (χ3n) is 5.68. The zero-order valence-corrected chi connectivity index (χ0v) is 21.4. The first kappa shape index (κ1) is 28.5. The van der Waals surface area contributed by atoms with Gasteiger partial charge >= 0.3 is 0 Å². The van der Waals surface area contributed by atoms with Crippen LogP contribution < -0.4 is 5.32 Å². The third kappa shape index (κ3) is 9.51. The second-order valence-corrected chi connectivity index (χ2v) is 9.87. The average molecular weight is 502 g/mol. The number of ether oxygens (including phenoxy) is 2. The summed E-state index contributed by atoms with van der Waals surface area (Å²) in [4.78, 5) is 28.4. The van der Waals surface area contributed by atoms with Crippen molar-refractivity contribution < 1.29 is 29.3 Å². The van der Waals surface area contributed by atoms with E-state index >= 15 is 0 Å². The summed E-state index contributed by atoms with van der Waals surface area (Å²) in [7, 11) is 1.44. The van der Waals surface area contributed by atoms with E-state index in [0.717, 1.165) is 17.8 Å². The van der Waals surface area contributed by atoms with Gasteiger partial charge in [-0.15, -0.1) is 10.2 Å². The van der Waals surface area contributed by atoms with Gasteiger partial charge in [0.15, 0.2) is 0 Å². The lowest BCUT2D eigenvalue weighted by Gasteiger charge is -2.31. The minimum absolute atomic E-state index is 0.0204. The van der Waals surface area contributed by atoms with E-state index in [4.69, 9.17) is 9.47 Å². The summed E-state index contributed by atoms with van der Waals surface area (Å²) in [6, 6.07) is 0. The summed E-state index contributed by atoms with van der Waals surface area (Å²) in [6.45, 7) is 8.04. The Morgan fingerprint density at radius 3 is 2.59 bits per heavy atom. The molecule has 1 aliphatic rings. The molecule has 2 rings (SSSR count). The summed E-state index contributed by atoms with van der Waals surface area (Å²) in [5, 5.41) is 33.0. The highest BCUT2D eigenvalue weighted by Crippen LogP contribution is 2.22. The molecule has 0 aromatic carbocycles. The number of methoxy groups -OCH3 is 1. The fourth-order valence-electron chi connectivity index (χ4n) is 3.64. The SMILES string of the molecule is CO[C@H]1CN(C(C)=O)CCCN(CC(=O)Nc2nnc(C(C)C)s2)CCCCOC[C@H](O)[C@@H]1O. The number of carbonyl (C=O) groups is 2. The van der Waals surface area contributed by atoms with E-state index in [-0.39, 0.29) is 37.4 Å². The fraction of sp³-hybridized carbons (Fsp3) is 0.818. The standard InChI is InChI=1S/C22H39N5O6S/c1-15(2)21-24-25-22(34-21)23-19(30)13-26-8-5-6-11-33-14-17(29)20(31)18(32-4)12-27(16(3)28)10-7-9-26/h15,17-18,20,29,31H,5-14H2,1-4H3,(H,23,25,30)/t17-,18-,20-/m0/s1. The number of anilines is 1. The molecule has 2 heterocycles. The van der Waals surface area contributed by atoms with Gasteiger partial charge in [-0.05, 0) is 25.8 Å². The van der Waals surface area contributed by atoms with Crippen LogP contribution in [0.15, 0.2) is 0 Å². The molecule has 1 saturated heterocycles. The Morgan fingerprint density at radius 2 is 1.94 bits per heavy atom. The van der Waals surface area contributed by atoms with Gasteiger partial charge in [-0.2, -0.15) is 0 Å². The number of aromatic nitrogens is 2. The van der Waals surface area contributed by atoms with E-state index in [9.17, 15) is 19.8 Å². The van der Waals surface area contributed by atoms with Crippen molar-refractivity contribution in [1.29, 1.82) is 0 Å². The molecule has 0 saturated carbocycles. The lowest BCUT2D eigenvalue weighted by molar-refractivity contribution is -0.136. The van der Waals surface area contributed by atoms with Crippen LogP contribution in [0.5, 0.6) is 0 Å². The van der Waals surface area contributed by atoms with E-state index in [1.165, 1.54) is 25.4 Å². The number of carbonyl (C=O) groups excluding carboxylic acids is 2. The molecule has 0 unspecified atom stereocenters. The van der Waals surface area contributed by atoms with Gasteiger partial charge in [-0.1, -0.05) is 25.2 Å². The molecule has 34 heavy (non-hydrogen) atoms. The summed E-state index contributed by atoms with van der Waals surface area (Å²) >= 11 is 1.38. The Hall–Kier alpha value is -1.70. The number of aliphatic hydroxyl groups is 2. The minimum Gasteiger partial charge on any atom is -0.388 e. The maximum atomic E-state index is 12.6. The van der Waals surface area contributed by atoms with E-state index in [1.54, 1.807) is 4.90 Å². The Kier molecular flexibility index (Phi) is 12.3. The quantitative estimate of drug-likeness (QED) is 0.532. The molecule has 3 N–H and O–H groups in total. The van der Waals surface area contributed by atoms with Gasteiger partial charge in [0.05, 0.1) is 13.2 Å². The lowest BCUT2D eigenvalue weighted by Crippen LogP contribution is -2.48. The smallest absolute Gasteiger partial charge is 0.240 e. The molecule has 12 heteroatoms. The van der Waals surface area contributed by atoms with Gasteiger partial charge in [0.1, 0.15) is 23.3 Å². The number of rotatable bonds is 5. The summed E-state index contributed by atoms with van der Waals surface area (Å²) < 4.78 is 10.9. The number of amides is 2. The molecule has 3 atom stereocenters. The Morgan fingerprint density at radius 1 is 1.21 bits per heavy atom. The van der Waals surface area contributed by atoms with E-state index < -0.39 is 18.3 Å². The van der Waals surface area contributed by atoms with E-state index in [2.05, 4.69) is 20.4 Å². The number of aliphatic hydroxyl groups excluding tert-OH is 2. The highest BCUT2D eigenvalue weighted by atomic mass is 32.1. The topological polar surface area (TPSA) is 137 Å². The van der Waals surface area contributed by atoms with E-state index in [1.807, 2.05) is 13.8 Å². The molecule has 0 aliphatic carbocycles. The van der Waals surface area contributed by atoms with E-state index in [0.29, 0.717) is 37.8 Å². The molecule has 194 valence electrons. The first-order valence-electron chi connectivity index (χ1n) is 11.8. The van der Waals surface area contributed by atoms with Crippen molar-refractivity contribution in [2.24, 2.45) is 0 Å². The molecule has 0 radical (unpaired) electrons. The first-order chi connectivity index (χ1) is 16.2. The average Bonchev–Trinajstić information content (AvgIpc) is 3.25. The van der Waals surface area contributed by atoms with Crippen molar-refractivity contribution in [3.8, 4) is 0 Å². The van der Waals surface area contributed by atoms with Crippen molar-refractivity contribution in [2.75, 3.05) is 58.4 Å². The monoisotopic (exact) mass is 501 g/mol. The van der Waals surface area contributed by atoms with Gasteiger partial charge in [0, 0.05) is 46.2 Å². The van der Waals surface area contributed by atoms with Gasteiger partial charge in [-0.25, -0.2) is 0 Å². The zero-order chi connectivity index (χ0) is 25.1. The molecule has 1 fully saturated rings. The molecule has 11 nitrogen and oxygen atoms in total. The van der Waals surface area contributed by atoms with Gasteiger partial charge in [-0.3, -0.25) is 19.8 Å². The molecular formula is C22H39N5O6S. The zero-order valence-electron chi connectivity index (χ0n) is 20.6. The highest BCUT2D eigenvalue weighted by Gasteiger charge is 2.29. The number of hydrogen-bond donors (Lipinski definition) is 3. The lowest BCUT2D eigenvalue weighted by atomic mass is 10.1. The van der Waals surface area contributed by atoms with Crippen LogP contribution in [0.2, 0.25) is 0 Å². The first-order valence-corrected chi connectivity index (χ1v) is 12.6. The summed E-state index contributed by atoms with van der Waals surface area (Å²) in [5.41, 5.74) is 0. The number of hydrogen-bond acceptors (Lipinski definition) is 10. The maximum Gasteiger partial charge on any atom is 0.240 e. The van der Waals surface area contributed by atoms with Gasteiger partial charge in [0.2, 0.25) is 16.9 Å². The second kappa shape index (κ2) is 14.6. The molecule has 2 amide bonds. The number of nitrogens with one attached hydrogen (secondary N) is 1. The second-order valence-electron chi connectivity index (χ2n) is 8.86. The Balaban J connectivity index is 2.00. The molecule has 1 aromatic rings. The van der Waals surface area contributed by atoms with Crippen LogP contribution >= 0.6 is 11.3 Å². The number of nitrogens with zero attached hydrogens (tertiary/aromatic N) is 4. The van der Waals surface area contributed by atoms with Crippen LogP contribution in [0.1, 0.15) is 51.0 Å². The largest absolute Gasteiger partial charge is 0.388 e. The predicted octanol–water partition coefficient (Wildman–Crippen LogP) is 0.688. The predicted molar refractivity (Wildman–Crippen MR) is 129 cm³/mol. The van der Waals surface area contributed by atoms with Crippen LogP contribution in [0.3, 0.4) is 0 Å².